The Morgan fingerprint density at radius 3 is 2.76 bits per heavy atom. The van der Waals surface area contributed by atoms with Crippen molar-refractivity contribution in [3.05, 3.63) is 23.9 Å². The normalized spacial score (nSPS) is 18.9. The van der Waals surface area contributed by atoms with Crippen molar-refractivity contribution in [2.75, 3.05) is 18.5 Å². The van der Waals surface area contributed by atoms with Gasteiger partial charge in [-0.3, -0.25) is 0 Å². The first-order valence-electron chi connectivity index (χ1n) is 6.52. The van der Waals surface area contributed by atoms with Crippen molar-refractivity contribution in [3.8, 4) is 0 Å². The van der Waals surface area contributed by atoms with Crippen LogP contribution >= 0.6 is 0 Å². The highest BCUT2D eigenvalue weighted by atomic mass is 16.3. The predicted octanol–water partition coefficient (Wildman–Crippen LogP) is 2.74. The molecule has 3 heteroatoms. The van der Waals surface area contributed by atoms with Crippen LogP contribution in [0.3, 0.4) is 0 Å². The molecular formula is C14H22N2O. The van der Waals surface area contributed by atoms with Crippen molar-refractivity contribution in [2.45, 2.75) is 39.0 Å². The summed E-state index contributed by atoms with van der Waals surface area (Å²) in [5.41, 5.74) is 1.29. The van der Waals surface area contributed by atoms with Crippen molar-refractivity contribution in [3.63, 3.8) is 0 Å². The van der Waals surface area contributed by atoms with E-state index in [4.69, 9.17) is 0 Å². The van der Waals surface area contributed by atoms with E-state index in [9.17, 15) is 5.11 Å². The molecule has 2 N–H and O–H groups in total. The zero-order chi connectivity index (χ0) is 12.1. The van der Waals surface area contributed by atoms with Gasteiger partial charge in [-0.1, -0.05) is 19.3 Å². The number of nitrogens with zero attached hydrogens (tertiary/aromatic N) is 1. The summed E-state index contributed by atoms with van der Waals surface area (Å²) in [5.74, 6) is 0.920. The van der Waals surface area contributed by atoms with Gasteiger partial charge >= 0.3 is 0 Å². The fourth-order valence-corrected chi connectivity index (χ4v) is 2.60. The summed E-state index contributed by atoms with van der Waals surface area (Å²) in [6.45, 7) is 3.18. The van der Waals surface area contributed by atoms with E-state index in [1.54, 1.807) is 0 Å². The number of aliphatic hydroxyl groups excluding tert-OH is 1. The Bertz CT molecular complexity index is 359. The van der Waals surface area contributed by atoms with Crippen LogP contribution < -0.4 is 5.32 Å². The number of aryl methyl sites for hydroxylation is 1. The van der Waals surface area contributed by atoms with Crippen LogP contribution in [0, 0.1) is 12.3 Å². The Morgan fingerprint density at radius 1 is 1.35 bits per heavy atom. The lowest BCUT2D eigenvalue weighted by Crippen LogP contribution is -2.35. The highest BCUT2D eigenvalue weighted by Gasteiger charge is 2.31. The fourth-order valence-electron chi connectivity index (χ4n) is 2.60. The Hall–Kier alpha value is -1.09. The van der Waals surface area contributed by atoms with Crippen LogP contribution in [0.25, 0.3) is 0 Å². The summed E-state index contributed by atoms with van der Waals surface area (Å²) in [4.78, 5) is 4.30. The molecule has 0 aromatic carbocycles. The number of aliphatic hydroxyl groups is 1. The lowest BCUT2D eigenvalue weighted by atomic mass is 9.74. The van der Waals surface area contributed by atoms with Gasteiger partial charge in [0.2, 0.25) is 0 Å². The van der Waals surface area contributed by atoms with Gasteiger partial charge in [0.15, 0.2) is 0 Å². The Labute approximate surface area is 103 Å². The Kier molecular flexibility index (Phi) is 4.00. The molecule has 0 radical (unpaired) electrons. The molecule has 0 amide bonds. The molecule has 17 heavy (non-hydrogen) atoms. The van der Waals surface area contributed by atoms with Gasteiger partial charge in [0.1, 0.15) is 5.82 Å². The molecule has 1 aromatic rings. The molecule has 1 fully saturated rings. The smallest absolute Gasteiger partial charge is 0.126 e. The van der Waals surface area contributed by atoms with Gasteiger partial charge in [-0.25, -0.2) is 4.98 Å². The summed E-state index contributed by atoms with van der Waals surface area (Å²) in [5, 5.41) is 13.0. The second-order valence-electron chi connectivity index (χ2n) is 5.29. The molecule has 1 aliphatic carbocycles. The van der Waals surface area contributed by atoms with Crippen LogP contribution in [0.4, 0.5) is 5.82 Å². The molecule has 2 rings (SSSR count). The molecule has 1 saturated carbocycles. The molecule has 0 bridgehead atoms. The first kappa shape index (κ1) is 12.4. The third-order valence-corrected chi connectivity index (χ3v) is 3.81. The minimum Gasteiger partial charge on any atom is -0.396 e. The summed E-state index contributed by atoms with van der Waals surface area (Å²) in [6, 6.07) is 4.04. The highest BCUT2D eigenvalue weighted by molar-refractivity contribution is 5.37. The lowest BCUT2D eigenvalue weighted by Gasteiger charge is -2.35. The quantitative estimate of drug-likeness (QED) is 0.842. The van der Waals surface area contributed by atoms with Crippen LogP contribution in [0.5, 0.6) is 0 Å². The number of nitrogens with one attached hydrogen (secondary N) is 1. The van der Waals surface area contributed by atoms with Gasteiger partial charge < -0.3 is 10.4 Å². The number of anilines is 1. The van der Waals surface area contributed by atoms with E-state index >= 15 is 0 Å². The number of aromatic nitrogens is 1. The van der Waals surface area contributed by atoms with Crippen molar-refractivity contribution in [1.82, 2.24) is 4.98 Å². The van der Waals surface area contributed by atoms with E-state index in [-0.39, 0.29) is 12.0 Å². The fraction of sp³-hybridized carbons (Fsp3) is 0.643. The summed E-state index contributed by atoms with van der Waals surface area (Å²) in [7, 11) is 0. The minimum atomic E-state index is 0.0731. The van der Waals surface area contributed by atoms with E-state index in [0.29, 0.717) is 0 Å². The van der Waals surface area contributed by atoms with Gasteiger partial charge in [0.25, 0.3) is 0 Å². The lowest BCUT2D eigenvalue weighted by molar-refractivity contribution is 0.0943. The zero-order valence-electron chi connectivity index (χ0n) is 10.6. The third-order valence-electron chi connectivity index (χ3n) is 3.81. The molecule has 1 aliphatic rings. The van der Waals surface area contributed by atoms with Gasteiger partial charge in [-0.15, -0.1) is 0 Å². The van der Waals surface area contributed by atoms with Gasteiger partial charge in [-0.2, -0.15) is 0 Å². The van der Waals surface area contributed by atoms with Crippen LogP contribution in [0.2, 0.25) is 0 Å². The van der Waals surface area contributed by atoms with E-state index in [0.717, 1.165) is 25.2 Å². The number of rotatable bonds is 4. The monoisotopic (exact) mass is 234 g/mol. The van der Waals surface area contributed by atoms with Crippen LogP contribution in [-0.2, 0) is 0 Å². The van der Waals surface area contributed by atoms with Gasteiger partial charge in [0.05, 0.1) is 6.61 Å². The van der Waals surface area contributed by atoms with E-state index < -0.39 is 0 Å². The topological polar surface area (TPSA) is 45.2 Å². The largest absolute Gasteiger partial charge is 0.396 e. The van der Waals surface area contributed by atoms with Gasteiger partial charge in [-0.05, 0) is 37.5 Å². The van der Waals surface area contributed by atoms with Crippen LogP contribution in [0.1, 0.15) is 37.7 Å². The first-order chi connectivity index (χ1) is 8.24. The van der Waals surface area contributed by atoms with Crippen LogP contribution in [-0.4, -0.2) is 23.2 Å². The predicted molar refractivity (Wildman–Crippen MR) is 70.1 cm³/mol. The third kappa shape index (κ3) is 3.19. The Balaban J connectivity index is 1.95. The Morgan fingerprint density at radius 2 is 2.12 bits per heavy atom. The van der Waals surface area contributed by atoms with E-state index in [1.807, 2.05) is 18.3 Å². The first-order valence-corrected chi connectivity index (χ1v) is 6.52. The maximum absolute atomic E-state index is 9.61. The molecule has 0 unspecified atom stereocenters. The maximum atomic E-state index is 9.61. The molecule has 0 aliphatic heterocycles. The minimum absolute atomic E-state index is 0.0731. The molecule has 0 saturated heterocycles. The average Bonchev–Trinajstić information content (AvgIpc) is 2.38. The van der Waals surface area contributed by atoms with Crippen molar-refractivity contribution >= 4 is 5.82 Å². The van der Waals surface area contributed by atoms with Gasteiger partial charge in [0, 0.05) is 18.2 Å². The van der Waals surface area contributed by atoms with Crippen molar-refractivity contribution in [1.29, 1.82) is 0 Å². The van der Waals surface area contributed by atoms with Crippen LogP contribution in [0.15, 0.2) is 18.3 Å². The molecule has 1 aromatic heterocycles. The number of pyridine rings is 1. The standard InChI is InChI=1S/C14H22N2O/c1-12-5-8-15-13(9-12)16-10-14(11-17)6-3-2-4-7-14/h5,8-9,17H,2-4,6-7,10-11H2,1H3,(H,15,16). The number of hydrogen-bond acceptors (Lipinski definition) is 3. The number of hydrogen-bond donors (Lipinski definition) is 2. The molecule has 0 atom stereocenters. The average molecular weight is 234 g/mol. The second kappa shape index (κ2) is 5.50. The molecule has 3 nitrogen and oxygen atoms in total. The summed E-state index contributed by atoms with van der Waals surface area (Å²) in [6.07, 6.45) is 7.87. The summed E-state index contributed by atoms with van der Waals surface area (Å²) >= 11 is 0. The molecule has 94 valence electrons. The maximum Gasteiger partial charge on any atom is 0.126 e. The van der Waals surface area contributed by atoms with E-state index in [2.05, 4.69) is 17.2 Å². The highest BCUT2D eigenvalue weighted by Crippen LogP contribution is 2.35. The molecular weight excluding hydrogens is 212 g/mol. The SMILES string of the molecule is Cc1ccnc(NCC2(CO)CCCCC2)c1. The van der Waals surface area contributed by atoms with E-state index in [1.165, 1.54) is 24.8 Å². The van der Waals surface area contributed by atoms with Crippen molar-refractivity contribution < 1.29 is 5.11 Å². The summed E-state index contributed by atoms with van der Waals surface area (Å²) < 4.78 is 0. The second-order valence-corrected chi connectivity index (χ2v) is 5.29. The zero-order valence-corrected chi connectivity index (χ0v) is 10.6. The molecule has 0 spiro atoms. The molecule has 1 heterocycles. The van der Waals surface area contributed by atoms with Crippen molar-refractivity contribution in [2.24, 2.45) is 5.41 Å².